The Morgan fingerprint density at radius 2 is 1.92 bits per heavy atom. The molecule has 0 aromatic carbocycles. The van der Waals surface area contributed by atoms with Crippen molar-refractivity contribution in [1.29, 1.82) is 0 Å². The molecule has 1 saturated carbocycles. The highest BCUT2D eigenvalue weighted by Gasteiger charge is 2.61. The van der Waals surface area contributed by atoms with Crippen molar-refractivity contribution in [2.45, 2.75) is 46.1 Å². The van der Waals surface area contributed by atoms with Gasteiger partial charge in [-0.2, -0.15) is 10.1 Å². The maximum atomic E-state index is 13.3. The molecule has 1 aliphatic carbocycles. The Hall–Kier alpha value is -3.61. The number of aryl methyl sites for hydroxylation is 1. The smallest absolute Gasteiger partial charge is 0.356 e. The fraction of sp³-hybridized carbons (Fsp3) is 0.577. The first kappa shape index (κ1) is 25.7. The van der Waals surface area contributed by atoms with E-state index in [2.05, 4.69) is 29.1 Å². The van der Waals surface area contributed by atoms with Crippen LogP contribution >= 0.6 is 11.3 Å². The number of thiazole rings is 1. The summed E-state index contributed by atoms with van der Waals surface area (Å²) in [7, 11) is 1.32. The summed E-state index contributed by atoms with van der Waals surface area (Å²) in [5, 5.41) is 8.76. The minimum Gasteiger partial charge on any atom is -0.464 e. The van der Waals surface area contributed by atoms with Gasteiger partial charge >= 0.3 is 5.97 Å². The number of esters is 1. The fourth-order valence-electron chi connectivity index (χ4n) is 5.99. The zero-order valence-corrected chi connectivity index (χ0v) is 23.4. The van der Waals surface area contributed by atoms with Crippen LogP contribution in [-0.2, 0) is 9.53 Å². The van der Waals surface area contributed by atoms with E-state index in [9.17, 15) is 14.4 Å². The van der Waals surface area contributed by atoms with Crippen LogP contribution in [0.1, 0.15) is 76.7 Å². The molecule has 3 aromatic rings. The van der Waals surface area contributed by atoms with Crippen molar-refractivity contribution < 1.29 is 23.6 Å². The van der Waals surface area contributed by atoms with Crippen LogP contribution in [0, 0.1) is 23.7 Å². The van der Waals surface area contributed by atoms with Gasteiger partial charge in [-0.25, -0.2) is 9.48 Å². The Bertz CT molecular complexity index is 1440. The van der Waals surface area contributed by atoms with Crippen LogP contribution in [0.15, 0.2) is 22.3 Å². The molecule has 3 aliphatic rings. The molecule has 2 amide bonds. The molecule has 206 valence electrons. The molecule has 0 bridgehead atoms. The molecule has 3 atom stereocenters. The third kappa shape index (κ3) is 4.23. The summed E-state index contributed by atoms with van der Waals surface area (Å²) in [6.45, 7) is 9.84. The van der Waals surface area contributed by atoms with Gasteiger partial charge in [-0.3, -0.25) is 14.6 Å². The third-order valence-corrected chi connectivity index (χ3v) is 9.22. The van der Waals surface area contributed by atoms with Crippen LogP contribution in [0.4, 0.5) is 0 Å². The second-order valence-corrected chi connectivity index (χ2v) is 12.6. The molecule has 5 heterocycles. The van der Waals surface area contributed by atoms with Crippen LogP contribution in [0.25, 0.3) is 0 Å². The lowest BCUT2D eigenvalue weighted by molar-refractivity contribution is -0.145. The summed E-state index contributed by atoms with van der Waals surface area (Å²) >= 11 is 1.31. The Kier molecular flexibility index (Phi) is 5.90. The normalized spacial score (nSPS) is 23.5. The SMILES string of the molecule is COC(=O)c1cc(C)nn1C(C)c1nc(C2CN(C(=O)c3cncs3)CC23CN(C(=O)[C@H]2CC2(C)C)C3)no1. The van der Waals surface area contributed by atoms with E-state index in [1.54, 1.807) is 24.7 Å². The zero-order chi connectivity index (χ0) is 27.7. The molecule has 1 spiro atoms. The van der Waals surface area contributed by atoms with Crippen LogP contribution in [0.2, 0.25) is 0 Å². The topological polar surface area (TPSA) is 137 Å². The Balaban J connectivity index is 1.27. The monoisotopic (exact) mass is 553 g/mol. The third-order valence-electron chi connectivity index (χ3n) is 8.46. The molecule has 12 nitrogen and oxygen atoms in total. The number of ether oxygens (including phenoxy) is 1. The summed E-state index contributed by atoms with van der Waals surface area (Å²) < 4.78 is 12.1. The fourth-order valence-corrected chi connectivity index (χ4v) is 6.57. The van der Waals surface area contributed by atoms with Crippen molar-refractivity contribution in [3.8, 4) is 0 Å². The average Bonchev–Trinajstić information content (AvgIpc) is 3.51. The van der Waals surface area contributed by atoms with Gasteiger partial charge in [0.2, 0.25) is 5.91 Å². The van der Waals surface area contributed by atoms with Gasteiger partial charge in [0, 0.05) is 37.5 Å². The van der Waals surface area contributed by atoms with E-state index in [4.69, 9.17) is 14.2 Å². The number of carbonyl (C=O) groups excluding carboxylic acids is 3. The number of carbonyl (C=O) groups is 3. The number of rotatable bonds is 6. The average molecular weight is 554 g/mol. The molecule has 3 aromatic heterocycles. The predicted molar refractivity (Wildman–Crippen MR) is 138 cm³/mol. The molecular formula is C26H31N7O5S. The summed E-state index contributed by atoms with van der Waals surface area (Å²) in [6, 6.07) is 1.13. The molecule has 2 aliphatic heterocycles. The summed E-state index contributed by atoms with van der Waals surface area (Å²) in [5.74, 6) is 0.222. The maximum absolute atomic E-state index is 13.3. The maximum Gasteiger partial charge on any atom is 0.356 e. The standard InChI is InChI=1S/C26H31N7O5S/c1-14-6-18(24(36)37-5)33(29-14)15(2)21-28-20(30-38-21)17-9-31(23(35)19-8-27-13-39-19)10-26(17)11-32(12-26)22(34)16-7-25(16,3)4/h6,8,13,15-17H,7,9-12H2,1-5H3/t15?,16-,17?/m1/s1. The molecule has 2 unspecified atom stereocenters. The van der Waals surface area contributed by atoms with Gasteiger partial charge in [-0.15, -0.1) is 11.3 Å². The number of hydrogen-bond donors (Lipinski definition) is 0. The number of likely N-dealkylation sites (tertiary alicyclic amines) is 2. The van der Waals surface area contributed by atoms with Gasteiger partial charge in [0.15, 0.2) is 5.82 Å². The second-order valence-electron chi connectivity index (χ2n) is 11.7. The van der Waals surface area contributed by atoms with Crippen LogP contribution in [-0.4, -0.2) is 85.8 Å². The van der Waals surface area contributed by atoms with Gasteiger partial charge in [0.1, 0.15) is 16.6 Å². The minimum atomic E-state index is -0.516. The Labute approximate surface area is 229 Å². The van der Waals surface area contributed by atoms with E-state index < -0.39 is 12.0 Å². The van der Waals surface area contributed by atoms with Gasteiger partial charge in [0.05, 0.1) is 30.4 Å². The van der Waals surface area contributed by atoms with Crippen molar-refractivity contribution in [1.82, 2.24) is 34.7 Å². The summed E-state index contributed by atoms with van der Waals surface area (Å²) in [6.07, 6.45) is 2.49. The number of amides is 2. The number of hydrogen-bond acceptors (Lipinski definition) is 10. The quantitative estimate of drug-likeness (QED) is 0.422. The van der Waals surface area contributed by atoms with E-state index in [-0.39, 0.29) is 40.2 Å². The van der Waals surface area contributed by atoms with E-state index in [1.165, 1.54) is 23.1 Å². The molecule has 0 radical (unpaired) electrons. The van der Waals surface area contributed by atoms with Crippen molar-refractivity contribution in [3.63, 3.8) is 0 Å². The lowest BCUT2D eigenvalue weighted by Crippen LogP contribution is -2.62. The molecule has 39 heavy (non-hydrogen) atoms. The van der Waals surface area contributed by atoms with Crippen molar-refractivity contribution in [2.24, 2.45) is 16.7 Å². The molecule has 0 N–H and O–H groups in total. The number of aromatic nitrogens is 5. The Morgan fingerprint density at radius 1 is 1.21 bits per heavy atom. The van der Waals surface area contributed by atoms with Gasteiger partial charge in [0.25, 0.3) is 11.8 Å². The van der Waals surface area contributed by atoms with Crippen molar-refractivity contribution in [3.05, 3.63) is 45.8 Å². The van der Waals surface area contributed by atoms with E-state index >= 15 is 0 Å². The molecule has 6 rings (SSSR count). The van der Waals surface area contributed by atoms with E-state index in [0.717, 1.165) is 6.42 Å². The molecule has 3 fully saturated rings. The first-order chi connectivity index (χ1) is 18.5. The van der Waals surface area contributed by atoms with E-state index in [0.29, 0.717) is 48.5 Å². The first-order valence-corrected chi connectivity index (χ1v) is 13.9. The summed E-state index contributed by atoms with van der Waals surface area (Å²) in [5.41, 5.74) is 2.28. The molecule has 13 heteroatoms. The van der Waals surface area contributed by atoms with E-state index in [1.807, 2.05) is 16.7 Å². The molecular weight excluding hydrogens is 522 g/mol. The van der Waals surface area contributed by atoms with Gasteiger partial charge in [-0.05, 0) is 31.7 Å². The van der Waals surface area contributed by atoms with Gasteiger partial charge in [-0.1, -0.05) is 19.0 Å². The number of nitrogens with zero attached hydrogens (tertiary/aromatic N) is 7. The van der Waals surface area contributed by atoms with Crippen LogP contribution in [0.5, 0.6) is 0 Å². The largest absolute Gasteiger partial charge is 0.464 e. The van der Waals surface area contributed by atoms with Crippen LogP contribution < -0.4 is 0 Å². The predicted octanol–water partition coefficient (Wildman–Crippen LogP) is 2.54. The van der Waals surface area contributed by atoms with Gasteiger partial charge < -0.3 is 19.1 Å². The number of methoxy groups -OCH3 is 1. The highest BCUT2D eigenvalue weighted by atomic mass is 32.1. The minimum absolute atomic E-state index is 0.0513. The van der Waals surface area contributed by atoms with Crippen LogP contribution in [0.3, 0.4) is 0 Å². The highest BCUT2D eigenvalue weighted by Crippen LogP contribution is 2.55. The first-order valence-electron chi connectivity index (χ1n) is 13.0. The van der Waals surface area contributed by atoms with Crippen molar-refractivity contribution >= 4 is 29.1 Å². The zero-order valence-electron chi connectivity index (χ0n) is 22.6. The second kappa shape index (κ2) is 8.97. The lowest BCUT2D eigenvalue weighted by atomic mass is 9.71. The van der Waals surface area contributed by atoms with Crippen molar-refractivity contribution in [2.75, 3.05) is 33.3 Å². The Morgan fingerprint density at radius 3 is 2.56 bits per heavy atom. The lowest BCUT2D eigenvalue weighted by Gasteiger charge is -2.50. The highest BCUT2D eigenvalue weighted by molar-refractivity contribution is 7.11. The molecule has 2 saturated heterocycles. The summed E-state index contributed by atoms with van der Waals surface area (Å²) in [4.78, 5) is 51.7.